The molecule has 10 heteroatoms. The number of hydrogen-bond acceptors (Lipinski definition) is 7. The molecular formula is C14H12N8OS. The quantitative estimate of drug-likeness (QED) is 0.589. The Bertz CT molecular complexity index is 1050. The fourth-order valence-electron chi connectivity index (χ4n) is 2.34. The van der Waals surface area contributed by atoms with E-state index >= 15 is 0 Å². The van der Waals surface area contributed by atoms with Gasteiger partial charge in [-0.25, -0.2) is 14.8 Å². The predicted octanol–water partition coefficient (Wildman–Crippen LogP) is 2.03. The lowest BCUT2D eigenvalue weighted by Gasteiger charge is -2.04. The minimum atomic E-state index is -0.639. The van der Waals surface area contributed by atoms with Gasteiger partial charge in [0.1, 0.15) is 5.00 Å². The molecule has 0 saturated heterocycles. The Morgan fingerprint density at radius 3 is 2.92 bits per heavy atom. The molecule has 0 fully saturated rings. The predicted molar refractivity (Wildman–Crippen MR) is 89.3 cm³/mol. The molecule has 9 nitrogen and oxygen atoms in total. The topological polar surface area (TPSA) is 116 Å². The number of primary amides is 1. The number of rotatable bonds is 3. The second kappa shape index (κ2) is 5.42. The molecule has 4 aromatic rings. The smallest absolute Gasteiger partial charge is 0.339 e. The molecule has 0 spiro atoms. The number of anilines is 2. The lowest BCUT2D eigenvalue weighted by atomic mass is 10.3. The Hall–Kier alpha value is -3.27. The van der Waals surface area contributed by atoms with E-state index < -0.39 is 6.03 Å². The molecule has 1 amide bonds. The second-order valence-corrected chi connectivity index (χ2v) is 5.89. The molecule has 24 heavy (non-hydrogen) atoms. The maximum Gasteiger partial charge on any atom is 0.339 e. The van der Waals surface area contributed by atoms with Crippen LogP contribution in [0, 0.1) is 6.92 Å². The van der Waals surface area contributed by atoms with E-state index in [4.69, 9.17) is 5.73 Å². The van der Waals surface area contributed by atoms with Crippen molar-refractivity contribution < 1.29 is 4.79 Å². The molecule has 4 rings (SSSR count). The van der Waals surface area contributed by atoms with Crippen LogP contribution in [0.25, 0.3) is 16.9 Å². The lowest BCUT2D eigenvalue weighted by Crippen LogP contribution is -2.19. The highest BCUT2D eigenvalue weighted by Crippen LogP contribution is 2.26. The number of fused-ring (bicyclic) bond motifs is 1. The maximum atomic E-state index is 11.2. The molecular weight excluding hydrogens is 328 g/mol. The third-order valence-corrected chi connectivity index (χ3v) is 4.20. The zero-order valence-corrected chi connectivity index (χ0v) is 13.4. The monoisotopic (exact) mass is 340 g/mol. The van der Waals surface area contributed by atoms with Crippen molar-refractivity contribution in [3.8, 4) is 11.3 Å². The molecule has 4 aromatic heterocycles. The third-order valence-electron chi connectivity index (χ3n) is 3.40. The van der Waals surface area contributed by atoms with Gasteiger partial charge in [-0.15, -0.1) is 0 Å². The van der Waals surface area contributed by atoms with Crippen LogP contribution in [0.15, 0.2) is 37.1 Å². The van der Waals surface area contributed by atoms with Gasteiger partial charge >= 0.3 is 6.03 Å². The van der Waals surface area contributed by atoms with Crippen LogP contribution in [0.3, 0.4) is 0 Å². The number of hydrogen-bond donors (Lipinski definition) is 2. The van der Waals surface area contributed by atoms with E-state index in [0.29, 0.717) is 11.5 Å². The standard InChI is InChI=1S/C14H12N8OS/c1-8-4-11(24-20-8)19-12-13-17-6-10(21(13)3-2-16-12)9-5-18-22(7-9)14(15)23/h2-7H,1H3,(H2,15,23)(H,16,19). The summed E-state index contributed by atoms with van der Waals surface area (Å²) >= 11 is 1.36. The first-order valence-corrected chi connectivity index (χ1v) is 7.76. The number of carbonyl (C=O) groups excluding carboxylic acids is 1. The Kier molecular flexibility index (Phi) is 3.24. The summed E-state index contributed by atoms with van der Waals surface area (Å²) < 4.78 is 7.18. The number of aryl methyl sites for hydroxylation is 1. The molecule has 0 saturated carbocycles. The van der Waals surface area contributed by atoms with Crippen LogP contribution in [0.1, 0.15) is 5.69 Å². The molecule has 3 N–H and O–H groups in total. The van der Waals surface area contributed by atoms with Crippen molar-refractivity contribution >= 4 is 34.0 Å². The summed E-state index contributed by atoms with van der Waals surface area (Å²) in [6, 6.07) is 1.30. The first kappa shape index (κ1) is 14.3. The first-order chi connectivity index (χ1) is 11.6. The van der Waals surface area contributed by atoms with Crippen molar-refractivity contribution in [1.29, 1.82) is 0 Å². The van der Waals surface area contributed by atoms with Crippen LogP contribution in [0.2, 0.25) is 0 Å². The van der Waals surface area contributed by atoms with Gasteiger partial charge in [0.25, 0.3) is 0 Å². The van der Waals surface area contributed by atoms with Gasteiger partial charge in [-0.3, -0.25) is 4.40 Å². The van der Waals surface area contributed by atoms with Gasteiger partial charge in [0.15, 0.2) is 11.5 Å². The Balaban J connectivity index is 1.76. The highest BCUT2D eigenvalue weighted by Gasteiger charge is 2.13. The second-order valence-electron chi connectivity index (χ2n) is 5.08. The van der Waals surface area contributed by atoms with Gasteiger partial charge in [0, 0.05) is 24.2 Å². The summed E-state index contributed by atoms with van der Waals surface area (Å²) in [5.74, 6) is 0.620. The fourth-order valence-corrected chi connectivity index (χ4v) is 3.00. The lowest BCUT2D eigenvalue weighted by molar-refractivity contribution is 0.247. The van der Waals surface area contributed by atoms with Crippen LogP contribution in [-0.4, -0.2) is 34.6 Å². The summed E-state index contributed by atoms with van der Waals surface area (Å²) in [4.78, 5) is 19.9. The summed E-state index contributed by atoms with van der Waals surface area (Å²) in [6.07, 6.45) is 8.29. The van der Waals surface area contributed by atoms with Gasteiger partial charge < -0.3 is 11.1 Å². The van der Waals surface area contributed by atoms with Gasteiger partial charge in [-0.05, 0) is 24.5 Å². The number of aromatic nitrogens is 6. The van der Waals surface area contributed by atoms with Gasteiger partial charge in [-0.2, -0.15) is 14.2 Å². The number of imidazole rings is 1. The van der Waals surface area contributed by atoms with Gasteiger partial charge in [0.05, 0.1) is 23.8 Å². The van der Waals surface area contributed by atoms with Crippen molar-refractivity contribution in [2.24, 2.45) is 5.73 Å². The molecule has 4 heterocycles. The van der Waals surface area contributed by atoms with Crippen molar-refractivity contribution in [2.45, 2.75) is 6.92 Å². The van der Waals surface area contributed by atoms with Crippen molar-refractivity contribution in [3.63, 3.8) is 0 Å². The summed E-state index contributed by atoms with van der Waals surface area (Å²) in [6.45, 7) is 1.93. The largest absolute Gasteiger partial charge is 0.350 e. The van der Waals surface area contributed by atoms with E-state index in [0.717, 1.165) is 26.6 Å². The normalized spacial score (nSPS) is 11.0. The Morgan fingerprint density at radius 1 is 1.33 bits per heavy atom. The van der Waals surface area contributed by atoms with Crippen LogP contribution in [-0.2, 0) is 0 Å². The summed E-state index contributed by atoms with van der Waals surface area (Å²) in [7, 11) is 0. The molecule has 0 radical (unpaired) electrons. The number of nitrogens with zero attached hydrogens (tertiary/aromatic N) is 6. The Labute approximate surface area is 139 Å². The van der Waals surface area contributed by atoms with E-state index in [9.17, 15) is 4.79 Å². The minimum Gasteiger partial charge on any atom is -0.350 e. The van der Waals surface area contributed by atoms with Crippen molar-refractivity contribution in [2.75, 3.05) is 5.32 Å². The molecule has 0 aromatic carbocycles. The first-order valence-electron chi connectivity index (χ1n) is 6.99. The van der Waals surface area contributed by atoms with Crippen LogP contribution < -0.4 is 11.1 Å². The summed E-state index contributed by atoms with van der Waals surface area (Å²) in [5, 5.41) is 8.05. The number of carbonyl (C=O) groups is 1. The molecule has 0 unspecified atom stereocenters. The molecule has 120 valence electrons. The van der Waals surface area contributed by atoms with E-state index in [-0.39, 0.29) is 0 Å². The average molecular weight is 340 g/mol. The molecule has 0 bridgehead atoms. The Morgan fingerprint density at radius 2 is 2.21 bits per heavy atom. The molecule has 0 atom stereocenters. The number of amides is 1. The summed E-state index contributed by atoms with van der Waals surface area (Å²) in [5.41, 5.74) is 8.33. The van der Waals surface area contributed by atoms with E-state index in [1.54, 1.807) is 31.0 Å². The van der Waals surface area contributed by atoms with Gasteiger partial charge in [0.2, 0.25) is 0 Å². The molecule has 0 aliphatic carbocycles. The van der Waals surface area contributed by atoms with E-state index in [2.05, 4.69) is 24.8 Å². The van der Waals surface area contributed by atoms with Crippen LogP contribution in [0.4, 0.5) is 15.6 Å². The van der Waals surface area contributed by atoms with Gasteiger partial charge in [-0.1, -0.05) is 0 Å². The van der Waals surface area contributed by atoms with Crippen LogP contribution in [0.5, 0.6) is 0 Å². The van der Waals surface area contributed by atoms with E-state index in [1.807, 2.05) is 17.4 Å². The van der Waals surface area contributed by atoms with E-state index in [1.165, 1.54) is 11.5 Å². The third kappa shape index (κ3) is 2.38. The van der Waals surface area contributed by atoms with Crippen LogP contribution >= 0.6 is 11.5 Å². The highest BCUT2D eigenvalue weighted by atomic mass is 32.1. The number of nitrogens with two attached hydrogens (primary N) is 1. The van der Waals surface area contributed by atoms with Crippen molar-refractivity contribution in [3.05, 3.63) is 42.7 Å². The highest BCUT2D eigenvalue weighted by molar-refractivity contribution is 7.10. The molecule has 0 aliphatic heterocycles. The van der Waals surface area contributed by atoms with Crippen molar-refractivity contribution in [1.82, 2.24) is 28.5 Å². The zero-order valence-electron chi connectivity index (χ0n) is 12.5. The molecule has 0 aliphatic rings. The average Bonchev–Trinajstić information content (AvgIpc) is 3.26. The minimum absolute atomic E-state index is 0.620. The fraction of sp³-hybridized carbons (Fsp3) is 0.0714. The zero-order chi connectivity index (χ0) is 16.7. The SMILES string of the molecule is Cc1cc(Nc2nccn3c(-c4cnn(C(N)=O)c4)cnc23)sn1. The number of nitrogens with one attached hydrogen (secondary N) is 1. The maximum absolute atomic E-state index is 11.2.